The van der Waals surface area contributed by atoms with Gasteiger partial charge in [0, 0.05) is 18.9 Å². The van der Waals surface area contributed by atoms with Gasteiger partial charge in [0.2, 0.25) is 0 Å². The molecule has 0 amide bonds. The van der Waals surface area contributed by atoms with Crippen molar-refractivity contribution >= 4 is 0 Å². The molecule has 3 nitrogen and oxygen atoms in total. The predicted octanol–water partition coefficient (Wildman–Crippen LogP) is 2.13. The molecule has 1 saturated carbocycles. The second-order valence-corrected chi connectivity index (χ2v) is 4.17. The topological polar surface area (TPSA) is 38.0 Å². The van der Waals surface area contributed by atoms with Gasteiger partial charge in [0.15, 0.2) is 0 Å². The molecule has 1 heterocycles. The zero-order chi connectivity index (χ0) is 9.97. The first-order chi connectivity index (χ1) is 6.81. The Morgan fingerprint density at radius 3 is 3.07 bits per heavy atom. The number of imidazole rings is 1. The molecule has 0 bridgehead atoms. The first kappa shape index (κ1) is 9.71. The first-order valence-electron chi connectivity index (χ1n) is 5.50. The lowest BCUT2D eigenvalue weighted by molar-refractivity contribution is 0.146. The Morgan fingerprint density at radius 1 is 1.64 bits per heavy atom. The largest absolute Gasteiger partial charge is 0.385 e. The summed E-state index contributed by atoms with van der Waals surface area (Å²) in [5.74, 6) is 1.59. The fraction of sp³-hybridized carbons (Fsp3) is 0.727. The summed E-state index contributed by atoms with van der Waals surface area (Å²) < 4.78 is 2.06. The Balaban J connectivity index is 2.00. The molecule has 1 aliphatic rings. The summed E-state index contributed by atoms with van der Waals surface area (Å²) in [6.45, 7) is 3.09. The average Bonchev–Trinajstić information content (AvgIpc) is 2.83. The summed E-state index contributed by atoms with van der Waals surface area (Å²) in [6.07, 6.45) is 7.91. The zero-order valence-corrected chi connectivity index (χ0v) is 8.69. The number of hydrogen-bond donors (Lipinski definition) is 1. The summed E-state index contributed by atoms with van der Waals surface area (Å²) >= 11 is 0. The van der Waals surface area contributed by atoms with E-state index in [1.807, 2.05) is 6.20 Å². The van der Waals surface area contributed by atoms with E-state index in [1.165, 1.54) is 12.8 Å². The summed E-state index contributed by atoms with van der Waals surface area (Å²) in [5.41, 5.74) is 0. The van der Waals surface area contributed by atoms with E-state index in [9.17, 15) is 5.11 Å². The van der Waals surface area contributed by atoms with Crippen molar-refractivity contribution in [2.45, 2.75) is 45.3 Å². The van der Waals surface area contributed by atoms with E-state index in [0.717, 1.165) is 31.1 Å². The van der Waals surface area contributed by atoms with Crippen LogP contribution in [0, 0.1) is 5.92 Å². The quantitative estimate of drug-likeness (QED) is 0.779. The maximum absolute atomic E-state index is 9.94. The highest BCUT2D eigenvalue weighted by atomic mass is 16.3. The number of aliphatic hydroxyl groups is 1. The smallest absolute Gasteiger partial charge is 0.137 e. The standard InChI is InChI=1S/C11H18N2O/c1-2-6-13-7-5-12-11(13)10(14)8-9-3-4-9/h5,7,9-10,14H,2-4,6,8H2,1H3. The number of rotatable bonds is 5. The Morgan fingerprint density at radius 2 is 2.43 bits per heavy atom. The number of hydrogen-bond acceptors (Lipinski definition) is 2. The fourth-order valence-corrected chi connectivity index (χ4v) is 1.82. The van der Waals surface area contributed by atoms with E-state index >= 15 is 0 Å². The Kier molecular flexibility index (Phi) is 2.87. The van der Waals surface area contributed by atoms with Crippen molar-refractivity contribution in [3.8, 4) is 0 Å². The Bertz CT molecular complexity index is 291. The van der Waals surface area contributed by atoms with Gasteiger partial charge in [-0.25, -0.2) is 4.98 Å². The van der Waals surface area contributed by atoms with Crippen LogP contribution < -0.4 is 0 Å². The van der Waals surface area contributed by atoms with Gasteiger partial charge in [-0.1, -0.05) is 19.8 Å². The number of aryl methyl sites for hydroxylation is 1. The van der Waals surface area contributed by atoms with E-state index < -0.39 is 0 Å². The second-order valence-electron chi connectivity index (χ2n) is 4.17. The summed E-state index contributed by atoms with van der Waals surface area (Å²) in [5, 5.41) is 9.94. The van der Waals surface area contributed by atoms with Crippen molar-refractivity contribution in [3.05, 3.63) is 18.2 Å². The van der Waals surface area contributed by atoms with Crippen LogP contribution in [-0.2, 0) is 6.54 Å². The molecule has 0 aliphatic heterocycles. The maximum atomic E-state index is 9.94. The molecular weight excluding hydrogens is 176 g/mol. The molecule has 1 fully saturated rings. The van der Waals surface area contributed by atoms with E-state index in [4.69, 9.17) is 0 Å². The van der Waals surface area contributed by atoms with Crippen LogP contribution in [0.2, 0.25) is 0 Å². The molecule has 1 aliphatic carbocycles. The van der Waals surface area contributed by atoms with Crippen molar-refractivity contribution in [2.24, 2.45) is 5.92 Å². The minimum absolute atomic E-state index is 0.357. The van der Waals surface area contributed by atoms with Crippen LogP contribution in [0.15, 0.2) is 12.4 Å². The van der Waals surface area contributed by atoms with E-state index in [1.54, 1.807) is 6.20 Å². The molecule has 1 N–H and O–H groups in total. The van der Waals surface area contributed by atoms with Gasteiger partial charge in [0.05, 0.1) is 0 Å². The fourth-order valence-electron chi connectivity index (χ4n) is 1.82. The number of aliphatic hydroxyl groups excluding tert-OH is 1. The molecule has 2 rings (SSSR count). The van der Waals surface area contributed by atoms with Crippen molar-refractivity contribution in [1.82, 2.24) is 9.55 Å². The lowest BCUT2D eigenvalue weighted by Gasteiger charge is -2.11. The molecule has 1 aromatic rings. The first-order valence-corrected chi connectivity index (χ1v) is 5.50. The van der Waals surface area contributed by atoms with Gasteiger partial charge in [0.1, 0.15) is 11.9 Å². The van der Waals surface area contributed by atoms with Crippen LogP contribution in [0.4, 0.5) is 0 Å². The molecule has 0 aromatic carbocycles. The molecule has 3 heteroatoms. The molecule has 1 aromatic heterocycles. The van der Waals surface area contributed by atoms with Crippen LogP contribution in [0.3, 0.4) is 0 Å². The minimum atomic E-state index is -0.357. The molecule has 1 unspecified atom stereocenters. The van der Waals surface area contributed by atoms with Crippen LogP contribution in [0.1, 0.15) is 44.5 Å². The zero-order valence-electron chi connectivity index (χ0n) is 8.69. The van der Waals surface area contributed by atoms with Crippen molar-refractivity contribution < 1.29 is 5.11 Å². The average molecular weight is 194 g/mol. The summed E-state index contributed by atoms with van der Waals surface area (Å²) in [6, 6.07) is 0. The minimum Gasteiger partial charge on any atom is -0.385 e. The van der Waals surface area contributed by atoms with Crippen LogP contribution >= 0.6 is 0 Å². The molecule has 0 saturated heterocycles. The van der Waals surface area contributed by atoms with Gasteiger partial charge in [-0.05, 0) is 18.8 Å². The van der Waals surface area contributed by atoms with Gasteiger partial charge in [0.25, 0.3) is 0 Å². The molecule has 0 radical (unpaired) electrons. The van der Waals surface area contributed by atoms with E-state index in [-0.39, 0.29) is 6.10 Å². The third-order valence-corrected chi connectivity index (χ3v) is 2.76. The normalized spacial score (nSPS) is 18.4. The lowest BCUT2D eigenvalue weighted by Crippen LogP contribution is -2.09. The number of nitrogens with zero attached hydrogens (tertiary/aromatic N) is 2. The highest BCUT2D eigenvalue weighted by Crippen LogP contribution is 2.37. The Labute approximate surface area is 84.8 Å². The summed E-state index contributed by atoms with van der Waals surface area (Å²) in [7, 11) is 0. The van der Waals surface area contributed by atoms with Crippen LogP contribution in [0.25, 0.3) is 0 Å². The SMILES string of the molecule is CCCn1ccnc1C(O)CC1CC1. The highest BCUT2D eigenvalue weighted by molar-refractivity contribution is 4.98. The monoisotopic (exact) mass is 194 g/mol. The van der Waals surface area contributed by atoms with E-state index in [2.05, 4.69) is 16.5 Å². The van der Waals surface area contributed by atoms with Crippen LogP contribution in [0.5, 0.6) is 0 Å². The second kappa shape index (κ2) is 4.13. The molecule has 0 spiro atoms. The van der Waals surface area contributed by atoms with Gasteiger partial charge in [-0.3, -0.25) is 0 Å². The predicted molar refractivity (Wildman–Crippen MR) is 54.8 cm³/mol. The van der Waals surface area contributed by atoms with Gasteiger partial charge in [-0.15, -0.1) is 0 Å². The summed E-state index contributed by atoms with van der Waals surface area (Å²) in [4.78, 5) is 4.23. The van der Waals surface area contributed by atoms with Gasteiger partial charge < -0.3 is 9.67 Å². The molecular formula is C11H18N2O. The maximum Gasteiger partial charge on any atom is 0.137 e. The third kappa shape index (κ3) is 2.15. The highest BCUT2D eigenvalue weighted by Gasteiger charge is 2.26. The van der Waals surface area contributed by atoms with Gasteiger partial charge >= 0.3 is 0 Å². The molecule has 78 valence electrons. The molecule has 14 heavy (non-hydrogen) atoms. The molecule has 1 atom stereocenters. The van der Waals surface area contributed by atoms with Gasteiger partial charge in [-0.2, -0.15) is 0 Å². The lowest BCUT2D eigenvalue weighted by atomic mass is 10.1. The Hall–Kier alpha value is -0.830. The third-order valence-electron chi connectivity index (χ3n) is 2.76. The number of aromatic nitrogens is 2. The van der Waals surface area contributed by atoms with Crippen molar-refractivity contribution in [3.63, 3.8) is 0 Å². The van der Waals surface area contributed by atoms with Crippen molar-refractivity contribution in [1.29, 1.82) is 0 Å². The van der Waals surface area contributed by atoms with Crippen LogP contribution in [-0.4, -0.2) is 14.7 Å². The van der Waals surface area contributed by atoms with E-state index in [0.29, 0.717) is 0 Å². The van der Waals surface area contributed by atoms with Crippen molar-refractivity contribution in [2.75, 3.05) is 0 Å².